The van der Waals surface area contributed by atoms with Gasteiger partial charge in [0, 0.05) is 22.7 Å². The number of rotatable bonds is 9. The molecule has 2 aromatic heterocycles. The zero-order chi connectivity index (χ0) is 27.0. The van der Waals surface area contributed by atoms with E-state index in [4.69, 9.17) is 44.1 Å². The number of hydrogen-bond donors (Lipinski definition) is 1. The number of ether oxygens (including phenoxy) is 1. The third kappa shape index (κ3) is 5.53. The van der Waals surface area contributed by atoms with Crippen LogP contribution in [0.4, 0.5) is 0 Å². The van der Waals surface area contributed by atoms with Crippen molar-refractivity contribution in [2.45, 2.75) is 51.0 Å². The molecule has 0 saturated heterocycles. The second-order valence-corrected chi connectivity index (χ2v) is 11.3. The summed E-state index contributed by atoms with van der Waals surface area (Å²) >= 11 is 19.6. The van der Waals surface area contributed by atoms with Crippen molar-refractivity contribution in [3.8, 4) is 17.0 Å². The molecule has 1 N–H and O–H groups in total. The number of hydrogen-bond acceptors (Lipinski definition) is 5. The van der Waals surface area contributed by atoms with Crippen molar-refractivity contribution in [1.82, 2.24) is 10.1 Å². The van der Waals surface area contributed by atoms with Gasteiger partial charge in [-0.3, -0.25) is 0 Å². The first-order chi connectivity index (χ1) is 18.1. The standard InChI is InChI=1S/C29H25Cl3N2O4/c1-29(2,18-10-11-33-24(12-18)28(35)36)14-17-8-9-19(13-23(17)32)37-15-20-26(34-38-27(20)16-6-7-16)25-21(30)4-3-5-22(25)31/h3-5,8-13,16H,6-7,14-15H2,1-2H3,(H,35,36). The molecule has 2 heterocycles. The second-order valence-electron chi connectivity index (χ2n) is 10.1. The Balaban J connectivity index is 1.36. The summed E-state index contributed by atoms with van der Waals surface area (Å²) < 4.78 is 11.9. The summed E-state index contributed by atoms with van der Waals surface area (Å²) in [6, 6.07) is 14.4. The van der Waals surface area contributed by atoms with Crippen LogP contribution in [0.5, 0.6) is 5.75 Å². The van der Waals surface area contributed by atoms with E-state index in [2.05, 4.69) is 10.1 Å². The molecular formula is C29H25Cl3N2O4. The van der Waals surface area contributed by atoms with Crippen LogP contribution in [0.15, 0.2) is 59.3 Å². The number of carboxylic acid groups (broad SMARTS) is 1. The van der Waals surface area contributed by atoms with E-state index in [1.807, 2.05) is 32.0 Å². The Morgan fingerprint density at radius 1 is 1.08 bits per heavy atom. The van der Waals surface area contributed by atoms with Gasteiger partial charge in [-0.2, -0.15) is 0 Å². The zero-order valence-corrected chi connectivity index (χ0v) is 23.1. The van der Waals surface area contributed by atoms with Gasteiger partial charge in [0.25, 0.3) is 0 Å². The third-order valence-electron chi connectivity index (χ3n) is 6.77. The molecule has 5 rings (SSSR count). The molecule has 9 heteroatoms. The molecule has 1 fully saturated rings. The van der Waals surface area contributed by atoms with Gasteiger partial charge >= 0.3 is 5.97 Å². The maximum absolute atomic E-state index is 11.4. The van der Waals surface area contributed by atoms with Crippen LogP contribution in [-0.4, -0.2) is 21.2 Å². The van der Waals surface area contributed by atoms with E-state index < -0.39 is 5.97 Å². The molecule has 1 saturated carbocycles. The molecule has 1 aliphatic rings. The lowest BCUT2D eigenvalue weighted by Crippen LogP contribution is -2.21. The highest BCUT2D eigenvalue weighted by Crippen LogP contribution is 2.46. The fourth-order valence-electron chi connectivity index (χ4n) is 4.51. The quantitative estimate of drug-likeness (QED) is 0.217. The van der Waals surface area contributed by atoms with Crippen LogP contribution in [0.25, 0.3) is 11.3 Å². The van der Waals surface area contributed by atoms with Crippen molar-refractivity contribution in [1.29, 1.82) is 0 Å². The largest absolute Gasteiger partial charge is 0.489 e. The highest BCUT2D eigenvalue weighted by molar-refractivity contribution is 6.39. The van der Waals surface area contributed by atoms with Gasteiger partial charge in [0.2, 0.25) is 0 Å². The molecule has 0 bridgehead atoms. The van der Waals surface area contributed by atoms with Gasteiger partial charge in [-0.1, -0.05) is 65.9 Å². The molecule has 0 amide bonds. The van der Waals surface area contributed by atoms with Gasteiger partial charge in [0.15, 0.2) is 0 Å². The number of halogens is 3. The zero-order valence-electron chi connectivity index (χ0n) is 20.8. The third-order valence-corrected chi connectivity index (χ3v) is 7.75. The first-order valence-electron chi connectivity index (χ1n) is 12.2. The SMILES string of the molecule is CC(C)(Cc1ccc(OCc2c(-c3c(Cl)cccc3Cl)noc2C2CC2)cc1Cl)c1ccnc(C(=O)O)c1. The Hall–Kier alpha value is -3.06. The van der Waals surface area contributed by atoms with Crippen LogP contribution in [0.1, 0.15) is 65.5 Å². The number of nitrogens with zero attached hydrogens (tertiary/aromatic N) is 2. The number of carbonyl (C=O) groups is 1. The van der Waals surface area contributed by atoms with Gasteiger partial charge in [0.05, 0.1) is 15.6 Å². The summed E-state index contributed by atoms with van der Waals surface area (Å²) in [5.41, 5.74) is 3.48. The normalized spacial score (nSPS) is 13.5. The summed E-state index contributed by atoms with van der Waals surface area (Å²) in [5, 5.41) is 15.2. The molecule has 0 spiro atoms. The van der Waals surface area contributed by atoms with Crippen molar-refractivity contribution >= 4 is 40.8 Å². The fraction of sp³-hybridized carbons (Fsp3) is 0.276. The number of aromatic carboxylic acids is 1. The molecule has 0 atom stereocenters. The minimum absolute atomic E-state index is 0.0159. The van der Waals surface area contributed by atoms with Gasteiger partial charge in [-0.05, 0) is 72.2 Å². The lowest BCUT2D eigenvalue weighted by Gasteiger charge is -2.26. The Morgan fingerprint density at radius 3 is 2.47 bits per heavy atom. The van der Waals surface area contributed by atoms with E-state index in [0.717, 1.165) is 35.3 Å². The van der Waals surface area contributed by atoms with E-state index in [9.17, 15) is 9.90 Å². The summed E-state index contributed by atoms with van der Waals surface area (Å²) in [5.74, 6) is 0.672. The van der Waals surface area contributed by atoms with E-state index in [-0.39, 0.29) is 17.7 Å². The molecule has 4 aromatic rings. The summed E-state index contributed by atoms with van der Waals surface area (Å²) in [7, 11) is 0. The summed E-state index contributed by atoms with van der Waals surface area (Å²) in [4.78, 5) is 15.3. The Bertz CT molecular complexity index is 1490. The van der Waals surface area contributed by atoms with Crippen molar-refractivity contribution in [2.24, 2.45) is 0 Å². The lowest BCUT2D eigenvalue weighted by molar-refractivity contribution is 0.0690. The number of carboxylic acids is 1. The van der Waals surface area contributed by atoms with E-state index in [0.29, 0.717) is 44.4 Å². The molecule has 0 radical (unpaired) electrons. The molecule has 38 heavy (non-hydrogen) atoms. The van der Waals surface area contributed by atoms with Gasteiger partial charge < -0.3 is 14.4 Å². The molecular weight excluding hydrogens is 547 g/mol. The number of benzene rings is 2. The Labute approximate surface area is 235 Å². The Kier molecular flexibility index (Phi) is 7.40. The minimum atomic E-state index is -1.06. The molecule has 0 unspecified atom stereocenters. The summed E-state index contributed by atoms with van der Waals surface area (Å²) in [6.45, 7) is 4.31. The lowest BCUT2D eigenvalue weighted by atomic mass is 9.79. The molecule has 196 valence electrons. The van der Waals surface area contributed by atoms with Crippen LogP contribution < -0.4 is 4.74 Å². The average Bonchev–Trinajstić information content (AvgIpc) is 3.64. The van der Waals surface area contributed by atoms with Crippen molar-refractivity contribution in [3.05, 3.63) is 97.9 Å². The highest BCUT2D eigenvalue weighted by Gasteiger charge is 2.34. The Morgan fingerprint density at radius 2 is 1.82 bits per heavy atom. The molecule has 2 aromatic carbocycles. The number of aromatic nitrogens is 2. The van der Waals surface area contributed by atoms with Crippen molar-refractivity contribution in [2.75, 3.05) is 0 Å². The van der Waals surface area contributed by atoms with Crippen LogP contribution in [0, 0.1) is 0 Å². The van der Waals surface area contributed by atoms with Gasteiger partial charge in [-0.15, -0.1) is 0 Å². The second kappa shape index (κ2) is 10.6. The topological polar surface area (TPSA) is 85.5 Å². The maximum Gasteiger partial charge on any atom is 0.354 e. The summed E-state index contributed by atoms with van der Waals surface area (Å²) in [6.07, 6.45) is 4.20. The predicted octanol–water partition coefficient (Wildman–Crippen LogP) is 8.37. The molecule has 0 aliphatic heterocycles. The smallest absolute Gasteiger partial charge is 0.354 e. The van der Waals surface area contributed by atoms with E-state index >= 15 is 0 Å². The molecule has 6 nitrogen and oxygen atoms in total. The fourth-order valence-corrected chi connectivity index (χ4v) is 5.33. The van der Waals surface area contributed by atoms with E-state index in [1.54, 1.807) is 30.3 Å². The monoisotopic (exact) mass is 570 g/mol. The molecule has 1 aliphatic carbocycles. The first kappa shape index (κ1) is 26.5. The van der Waals surface area contributed by atoms with Crippen LogP contribution in [0.2, 0.25) is 15.1 Å². The predicted molar refractivity (Wildman–Crippen MR) is 148 cm³/mol. The highest BCUT2D eigenvalue weighted by atomic mass is 35.5. The van der Waals surface area contributed by atoms with E-state index in [1.165, 1.54) is 6.20 Å². The average molecular weight is 572 g/mol. The van der Waals surface area contributed by atoms with Gasteiger partial charge in [-0.25, -0.2) is 9.78 Å². The van der Waals surface area contributed by atoms with Crippen LogP contribution in [-0.2, 0) is 18.4 Å². The van der Waals surface area contributed by atoms with Crippen LogP contribution >= 0.6 is 34.8 Å². The number of pyridine rings is 1. The van der Waals surface area contributed by atoms with Crippen LogP contribution in [0.3, 0.4) is 0 Å². The first-order valence-corrected chi connectivity index (χ1v) is 13.3. The minimum Gasteiger partial charge on any atom is -0.489 e. The van der Waals surface area contributed by atoms with Crippen molar-refractivity contribution in [3.63, 3.8) is 0 Å². The van der Waals surface area contributed by atoms with Gasteiger partial charge in [0.1, 0.15) is 29.5 Å². The maximum atomic E-state index is 11.4. The van der Waals surface area contributed by atoms with Crippen molar-refractivity contribution < 1.29 is 19.2 Å².